The summed E-state index contributed by atoms with van der Waals surface area (Å²) < 4.78 is 18.1. The van der Waals surface area contributed by atoms with Crippen LogP contribution < -0.4 is 13.9 Å². The maximum Gasteiger partial charge on any atom is 0.250 e. The van der Waals surface area contributed by atoms with E-state index < -0.39 is 8.32 Å². The van der Waals surface area contributed by atoms with Crippen LogP contribution in [0.25, 0.3) is 21.9 Å². The molecule has 0 saturated heterocycles. The lowest BCUT2D eigenvalue weighted by atomic mass is 9.98. The molecule has 0 amide bonds. The molecule has 28 heavy (non-hydrogen) atoms. The Balaban J connectivity index is 2.31. The van der Waals surface area contributed by atoms with Crippen molar-refractivity contribution in [1.29, 1.82) is 0 Å². The molecule has 0 aliphatic carbocycles. The van der Waals surface area contributed by atoms with Crippen molar-refractivity contribution in [3.8, 4) is 28.4 Å². The SMILES string of the molecule is COc1ccc2c(O[Si](C)(C)C(C)(C)C)cc(-c3ccccc3)c(OC)c2c1. The smallest absolute Gasteiger partial charge is 0.250 e. The van der Waals surface area contributed by atoms with Gasteiger partial charge in [-0.05, 0) is 48.0 Å². The molecule has 0 N–H and O–H groups in total. The highest BCUT2D eigenvalue weighted by molar-refractivity contribution is 6.74. The normalized spacial score (nSPS) is 12.1. The average molecular weight is 395 g/mol. The fourth-order valence-corrected chi connectivity index (χ4v) is 4.06. The zero-order valence-corrected chi connectivity index (χ0v) is 18.9. The number of benzene rings is 3. The fraction of sp³-hybridized carbons (Fsp3) is 0.333. The first-order valence-corrected chi connectivity index (χ1v) is 12.5. The van der Waals surface area contributed by atoms with E-state index in [1.807, 2.05) is 30.3 Å². The van der Waals surface area contributed by atoms with Crippen LogP contribution in [0.2, 0.25) is 18.1 Å². The van der Waals surface area contributed by atoms with E-state index in [0.29, 0.717) is 0 Å². The first-order valence-electron chi connectivity index (χ1n) is 9.61. The van der Waals surface area contributed by atoms with Crippen molar-refractivity contribution < 1.29 is 13.9 Å². The third-order valence-corrected chi connectivity index (χ3v) is 10.1. The van der Waals surface area contributed by atoms with Gasteiger partial charge in [-0.1, -0.05) is 51.1 Å². The van der Waals surface area contributed by atoms with Gasteiger partial charge < -0.3 is 13.9 Å². The maximum atomic E-state index is 6.76. The topological polar surface area (TPSA) is 27.7 Å². The monoisotopic (exact) mass is 394 g/mol. The highest BCUT2D eigenvalue weighted by atomic mass is 28.4. The third-order valence-electron chi connectivity index (χ3n) is 5.72. The van der Waals surface area contributed by atoms with Gasteiger partial charge in [0.05, 0.1) is 14.2 Å². The number of hydrogen-bond donors (Lipinski definition) is 0. The summed E-state index contributed by atoms with van der Waals surface area (Å²) in [5.74, 6) is 2.54. The van der Waals surface area contributed by atoms with Crippen LogP contribution in [0.3, 0.4) is 0 Å². The zero-order valence-electron chi connectivity index (χ0n) is 17.9. The Hall–Kier alpha value is -2.46. The quantitative estimate of drug-likeness (QED) is 0.440. The highest BCUT2D eigenvalue weighted by Gasteiger charge is 2.39. The molecule has 0 saturated carbocycles. The van der Waals surface area contributed by atoms with Crippen LogP contribution in [0.1, 0.15) is 20.8 Å². The van der Waals surface area contributed by atoms with Crippen LogP contribution in [0, 0.1) is 0 Å². The molecule has 4 heteroatoms. The molecule has 3 rings (SSSR count). The van der Waals surface area contributed by atoms with Crippen LogP contribution in [0.15, 0.2) is 54.6 Å². The second-order valence-electron chi connectivity index (χ2n) is 8.60. The molecule has 0 bridgehead atoms. The van der Waals surface area contributed by atoms with Gasteiger partial charge in [0, 0.05) is 16.3 Å². The molecule has 0 aliphatic heterocycles. The van der Waals surface area contributed by atoms with Gasteiger partial charge in [0.25, 0.3) is 8.32 Å². The van der Waals surface area contributed by atoms with Crippen molar-refractivity contribution in [1.82, 2.24) is 0 Å². The summed E-state index contributed by atoms with van der Waals surface area (Å²) in [4.78, 5) is 0. The van der Waals surface area contributed by atoms with Crippen LogP contribution in [0.5, 0.6) is 17.2 Å². The minimum absolute atomic E-state index is 0.110. The van der Waals surface area contributed by atoms with Gasteiger partial charge in [-0.3, -0.25) is 0 Å². The summed E-state index contributed by atoms with van der Waals surface area (Å²) in [7, 11) is 1.39. The van der Waals surface area contributed by atoms with Gasteiger partial charge in [-0.25, -0.2) is 0 Å². The molecular weight excluding hydrogens is 364 g/mol. The highest BCUT2D eigenvalue weighted by Crippen LogP contribution is 2.46. The van der Waals surface area contributed by atoms with Crippen molar-refractivity contribution in [2.24, 2.45) is 0 Å². The summed E-state index contributed by atoms with van der Waals surface area (Å²) in [5, 5.41) is 2.15. The molecule has 148 valence electrons. The van der Waals surface area contributed by atoms with Gasteiger partial charge in [0.1, 0.15) is 17.2 Å². The molecule has 0 heterocycles. The van der Waals surface area contributed by atoms with Crippen LogP contribution in [0.4, 0.5) is 0 Å². The van der Waals surface area contributed by atoms with E-state index >= 15 is 0 Å². The Morgan fingerprint density at radius 3 is 2.04 bits per heavy atom. The molecule has 0 spiro atoms. The largest absolute Gasteiger partial charge is 0.543 e. The molecule has 0 aromatic heterocycles. The summed E-state index contributed by atoms with van der Waals surface area (Å²) in [6.45, 7) is 11.3. The van der Waals surface area contributed by atoms with Crippen LogP contribution >= 0.6 is 0 Å². The molecular formula is C24H30O3Si. The summed E-state index contributed by atoms with van der Waals surface area (Å²) in [6.07, 6.45) is 0. The number of rotatable bonds is 5. The van der Waals surface area contributed by atoms with E-state index in [2.05, 4.69) is 58.1 Å². The summed E-state index contributed by atoms with van der Waals surface area (Å²) >= 11 is 0. The number of hydrogen-bond acceptors (Lipinski definition) is 3. The summed E-state index contributed by atoms with van der Waals surface area (Å²) in [6, 6.07) is 18.5. The predicted octanol–water partition coefficient (Wildman–Crippen LogP) is 6.91. The second kappa shape index (κ2) is 7.51. The standard InChI is InChI=1S/C24H30O3Si/c1-24(2,3)28(6,7)27-22-16-20(17-11-9-8-10-12-17)23(26-5)21-15-18(25-4)13-14-19(21)22/h8-16H,1-7H3. The predicted molar refractivity (Wildman–Crippen MR) is 120 cm³/mol. The van der Waals surface area contributed by atoms with Gasteiger partial charge in [-0.15, -0.1) is 0 Å². The first kappa shape index (κ1) is 20.3. The van der Waals surface area contributed by atoms with Crippen LogP contribution in [-0.2, 0) is 0 Å². The Labute approximate surface area is 169 Å². The van der Waals surface area contributed by atoms with Crippen molar-refractivity contribution in [3.63, 3.8) is 0 Å². The molecule has 0 fully saturated rings. The Bertz CT molecular complexity index is 973. The Kier molecular flexibility index (Phi) is 5.44. The van der Waals surface area contributed by atoms with E-state index in [-0.39, 0.29) is 5.04 Å². The lowest BCUT2D eigenvalue weighted by Crippen LogP contribution is -2.43. The fourth-order valence-electron chi connectivity index (χ4n) is 3.04. The maximum absolute atomic E-state index is 6.76. The first-order chi connectivity index (χ1) is 13.2. The summed E-state index contributed by atoms with van der Waals surface area (Å²) in [5.41, 5.74) is 2.13. The Morgan fingerprint density at radius 2 is 1.46 bits per heavy atom. The Morgan fingerprint density at radius 1 is 0.786 bits per heavy atom. The van der Waals surface area contributed by atoms with Crippen molar-refractivity contribution >= 4 is 19.1 Å². The van der Waals surface area contributed by atoms with E-state index in [4.69, 9.17) is 13.9 Å². The molecule has 0 unspecified atom stereocenters. The van der Waals surface area contributed by atoms with Gasteiger partial charge in [0.2, 0.25) is 0 Å². The van der Waals surface area contributed by atoms with E-state index in [9.17, 15) is 0 Å². The average Bonchev–Trinajstić information content (AvgIpc) is 2.66. The molecule has 3 nitrogen and oxygen atoms in total. The lowest BCUT2D eigenvalue weighted by Gasteiger charge is -2.37. The van der Waals surface area contributed by atoms with Crippen LogP contribution in [-0.4, -0.2) is 22.5 Å². The van der Waals surface area contributed by atoms with E-state index in [1.54, 1.807) is 14.2 Å². The minimum Gasteiger partial charge on any atom is -0.543 e. The van der Waals surface area contributed by atoms with Crippen molar-refractivity contribution in [3.05, 3.63) is 54.6 Å². The molecule has 0 aliphatic rings. The number of ether oxygens (including phenoxy) is 2. The molecule has 0 atom stereocenters. The van der Waals surface area contributed by atoms with Gasteiger partial charge >= 0.3 is 0 Å². The zero-order chi connectivity index (χ0) is 20.5. The van der Waals surface area contributed by atoms with E-state index in [1.165, 1.54) is 0 Å². The lowest BCUT2D eigenvalue weighted by molar-refractivity contribution is 0.412. The number of methoxy groups -OCH3 is 2. The molecule has 3 aromatic carbocycles. The van der Waals surface area contributed by atoms with Gasteiger partial charge in [-0.2, -0.15) is 0 Å². The van der Waals surface area contributed by atoms with Crippen molar-refractivity contribution in [2.75, 3.05) is 14.2 Å². The third kappa shape index (κ3) is 3.74. The van der Waals surface area contributed by atoms with E-state index in [0.717, 1.165) is 39.1 Å². The molecule has 3 aromatic rings. The second-order valence-corrected chi connectivity index (χ2v) is 13.3. The van der Waals surface area contributed by atoms with Gasteiger partial charge in [0.15, 0.2) is 0 Å². The number of fused-ring (bicyclic) bond motifs is 1. The van der Waals surface area contributed by atoms with Crippen molar-refractivity contribution in [2.45, 2.75) is 38.9 Å². The molecule has 0 radical (unpaired) electrons. The minimum atomic E-state index is -2.01.